The summed E-state index contributed by atoms with van der Waals surface area (Å²) in [5, 5.41) is 17.2. The highest BCUT2D eigenvalue weighted by Crippen LogP contribution is 2.16. The predicted octanol–water partition coefficient (Wildman–Crippen LogP) is -0.134. The van der Waals surface area contributed by atoms with E-state index in [0.29, 0.717) is 0 Å². The lowest BCUT2D eigenvalue weighted by Crippen LogP contribution is -2.49. The Morgan fingerprint density at radius 3 is 1.83 bits per heavy atom. The fraction of sp³-hybridized carbons (Fsp3) is 0.714. The molecule has 0 aromatic rings. The molecule has 0 unspecified atom stereocenters. The third-order valence-corrected chi connectivity index (χ3v) is 1.94. The van der Waals surface area contributed by atoms with Crippen molar-refractivity contribution in [3.05, 3.63) is 0 Å². The summed E-state index contributed by atoms with van der Waals surface area (Å²) in [5.74, 6) is -2.25. The maximum atomic E-state index is 10.7. The first-order chi connectivity index (χ1) is 5.30. The molecule has 0 aliphatic rings. The Labute approximate surface area is 70.6 Å². The molecule has 0 amide bonds. The third-order valence-electron chi connectivity index (χ3n) is 1.94. The van der Waals surface area contributed by atoms with E-state index < -0.39 is 23.9 Å². The van der Waals surface area contributed by atoms with Gasteiger partial charge in [-0.1, -0.05) is 0 Å². The highest BCUT2D eigenvalue weighted by Gasteiger charge is 2.37. The quantitative estimate of drug-likeness (QED) is 0.622. The smallest absolute Gasteiger partial charge is 0.324 e. The topological polar surface area (TPSA) is 77.8 Å². The zero-order valence-electron chi connectivity index (χ0n) is 7.37. The van der Waals surface area contributed by atoms with E-state index in [-0.39, 0.29) is 0 Å². The van der Waals surface area contributed by atoms with Gasteiger partial charge in [-0.05, 0) is 21.0 Å². The number of aliphatic carboxylic acids is 2. The Morgan fingerprint density at radius 2 is 1.75 bits per heavy atom. The van der Waals surface area contributed by atoms with Crippen molar-refractivity contribution in [1.29, 1.82) is 0 Å². The molecule has 0 radical (unpaired) electrons. The van der Waals surface area contributed by atoms with E-state index in [1.54, 1.807) is 0 Å². The molecule has 0 aliphatic heterocycles. The molecule has 2 N–H and O–H groups in total. The first-order valence-corrected chi connectivity index (χ1v) is 3.43. The summed E-state index contributed by atoms with van der Waals surface area (Å²) in [7, 11) is 3.08. The number of rotatable bonds is 4. The molecule has 5 nitrogen and oxygen atoms in total. The second-order valence-electron chi connectivity index (χ2n) is 3.04. The number of carboxylic acid groups (broad SMARTS) is 2. The molecule has 0 heterocycles. The Balaban J connectivity index is 4.62. The van der Waals surface area contributed by atoms with Crippen molar-refractivity contribution in [2.45, 2.75) is 18.9 Å². The Morgan fingerprint density at radius 1 is 1.33 bits per heavy atom. The lowest BCUT2D eigenvalue weighted by molar-refractivity contribution is -0.155. The molecule has 0 spiro atoms. The number of carboxylic acids is 2. The molecule has 0 saturated heterocycles. The molecule has 0 bridgehead atoms. The minimum atomic E-state index is -1.33. The zero-order valence-corrected chi connectivity index (χ0v) is 7.37. The first-order valence-electron chi connectivity index (χ1n) is 3.43. The molecule has 0 aromatic heterocycles. The van der Waals surface area contributed by atoms with Crippen LogP contribution < -0.4 is 0 Å². The van der Waals surface area contributed by atoms with Gasteiger partial charge < -0.3 is 10.2 Å². The van der Waals surface area contributed by atoms with Gasteiger partial charge in [-0.15, -0.1) is 0 Å². The second-order valence-corrected chi connectivity index (χ2v) is 3.04. The van der Waals surface area contributed by atoms with Crippen molar-refractivity contribution >= 4 is 11.9 Å². The third kappa shape index (κ3) is 2.20. The Kier molecular flexibility index (Phi) is 3.21. The van der Waals surface area contributed by atoms with Crippen LogP contribution in [0.5, 0.6) is 0 Å². The van der Waals surface area contributed by atoms with Gasteiger partial charge in [0.1, 0.15) is 5.54 Å². The number of likely N-dealkylation sites (N-methyl/N-ethyl adjacent to an activating group) is 1. The van der Waals surface area contributed by atoms with Gasteiger partial charge in [0, 0.05) is 0 Å². The summed E-state index contributed by atoms with van der Waals surface area (Å²) in [6.45, 7) is 1.38. The molecule has 0 aromatic carbocycles. The Bertz CT molecular complexity index is 202. The van der Waals surface area contributed by atoms with Crippen molar-refractivity contribution in [2.75, 3.05) is 14.1 Å². The van der Waals surface area contributed by atoms with Crippen LogP contribution in [0, 0.1) is 0 Å². The first kappa shape index (κ1) is 10.9. The number of nitrogens with zero attached hydrogens (tertiary/aromatic N) is 1. The van der Waals surface area contributed by atoms with Gasteiger partial charge in [-0.2, -0.15) is 0 Å². The molecule has 0 fully saturated rings. The molecule has 0 saturated carbocycles. The van der Waals surface area contributed by atoms with E-state index in [0.717, 1.165) is 0 Å². The number of hydrogen-bond acceptors (Lipinski definition) is 3. The molecule has 70 valence electrons. The van der Waals surface area contributed by atoms with Crippen LogP contribution in [0.3, 0.4) is 0 Å². The number of hydrogen-bond donors (Lipinski definition) is 2. The summed E-state index contributed by atoms with van der Waals surface area (Å²) >= 11 is 0. The van der Waals surface area contributed by atoms with Crippen molar-refractivity contribution in [3.8, 4) is 0 Å². The lowest BCUT2D eigenvalue weighted by Gasteiger charge is -2.30. The van der Waals surface area contributed by atoms with E-state index in [1.807, 2.05) is 0 Å². The molecular formula is C7H13NO4. The normalized spacial score (nSPS) is 15.7. The van der Waals surface area contributed by atoms with Crippen LogP contribution in [-0.4, -0.2) is 46.7 Å². The summed E-state index contributed by atoms with van der Waals surface area (Å²) in [6.07, 6.45) is -0.407. The molecule has 5 heteroatoms. The van der Waals surface area contributed by atoms with Crippen LogP contribution >= 0.6 is 0 Å². The van der Waals surface area contributed by atoms with Gasteiger partial charge in [-0.3, -0.25) is 14.5 Å². The minimum absolute atomic E-state index is 0.407. The van der Waals surface area contributed by atoms with Gasteiger partial charge in [0.2, 0.25) is 0 Å². The lowest BCUT2D eigenvalue weighted by atomic mass is 9.97. The second kappa shape index (κ2) is 3.53. The van der Waals surface area contributed by atoms with Gasteiger partial charge >= 0.3 is 11.9 Å². The Hall–Kier alpha value is -1.10. The molecule has 12 heavy (non-hydrogen) atoms. The van der Waals surface area contributed by atoms with Gasteiger partial charge in [-0.25, -0.2) is 0 Å². The van der Waals surface area contributed by atoms with Crippen LogP contribution in [-0.2, 0) is 9.59 Å². The van der Waals surface area contributed by atoms with E-state index in [1.165, 1.54) is 25.9 Å². The largest absolute Gasteiger partial charge is 0.481 e. The fourth-order valence-corrected chi connectivity index (χ4v) is 0.719. The average Bonchev–Trinajstić information content (AvgIpc) is 1.84. The predicted molar refractivity (Wildman–Crippen MR) is 42.0 cm³/mol. The van der Waals surface area contributed by atoms with Crippen LogP contribution in [0.15, 0.2) is 0 Å². The monoisotopic (exact) mass is 175 g/mol. The summed E-state index contributed by atoms with van der Waals surface area (Å²) in [5.41, 5.74) is -1.33. The standard InChI is InChI=1S/C7H13NO4/c1-7(6(11)12,8(2)3)4-5(9)10/h4H2,1-3H3,(H,9,10)(H,11,12)/t7-/m0/s1. The average molecular weight is 175 g/mol. The van der Waals surface area contributed by atoms with Crippen molar-refractivity contribution in [3.63, 3.8) is 0 Å². The minimum Gasteiger partial charge on any atom is -0.481 e. The van der Waals surface area contributed by atoms with Gasteiger partial charge in [0.25, 0.3) is 0 Å². The van der Waals surface area contributed by atoms with Gasteiger partial charge in [0.05, 0.1) is 6.42 Å². The summed E-state index contributed by atoms with van der Waals surface area (Å²) in [4.78, 5) is 22.4. The molecule has 0 aliphatic carbocycles. The maximum absolute atomic E-state index is 10.7. The van der Waals surface area contributed by atoms with Gasteiger partial charge in [0.15, 0.2) is 0 Å². The van der Waals surface area contributed by atoms with Crippen molar-refractivity contribution in [1.82, 2.24) is 4.90 Å². The molecular weight excluding hydrogens is 162 g/mol. The summed E-state index contributed by atoms with van der Waals surface area (Å²) in [6, 6.07) is 0. The zero-order chi connectivity index (χ0) is 9.94. The van der Waals surface area contributed by atoms with E-state index >= 15 is 0 Å². The van der Waals surface area contributed by atoms with Crippen molar-refractivity contribution in [2.24, 2.45) is 0 Å². The van der Waals surface area contributed by atoms with E-state index in [9.17, 15) is 9.59 Å². The highest BCUT2D eigenvalue weighted by atomic mass is 16.4. The van der Waals surface area contributed by atoms with Crippen LogP contribution in [0.1, 0.15) is 13.3 Å². The maximum Gasteiger partial charge on any atom is 0.324 e. The molecule has 0 rings (SSSR count). The van der Waals surface area contributed by atoms with E-state index in [4.69, 9.17) is 10.2 Å². The van der Waals surface area contributed by atoms with Crippen LogP contribution in [0.4, 0.5) is 0 Å². The summed E-state index contributed by atoms with van der Waals surface area (Å²) < 4.78 is 0. The highest BCUT2D eigenvalue weighted by molar-refractivity contribution is 5.84. The van der Waals surface area contributed by atoms with Crippen LogP contribution in [0.2, 0.25) is 0 Å². The fourth-order valence-electron chi connectivity index (χ4n) is 0.719. The number of carbonyl (C=O) groups is 2. The van der Waals surface area contributed by atoms with E-state index in [2.05, 4.69) is 0 Å². The van der Waals surface area contributed by atoms with Crippen LogP contribution in [0.25, 0.3) is 0 Å². The van der Waals surface area contributed by atoms with Crippen molar-refractivity contribution < 1.29 is 19.8 Å². The molecule has 1 atom stereocenters. The SMILES string of the molecule is CN(C)[C@@](C)(CC(=O)O)C(=O)O.